The number of esters is 1. The van der Waals surface area contributed by atoms with Crippen LogP contribution in [0.15, 0.2) is 12.2 Å². The van der Waals surface area contributed by atoms with Gasteiger partial charge in [-0.05, 0) is 30.8 Å². The summed E-state index contributed by atoms with van der Waals surface area (Å²) in [5, 5.41) is 10.7. The number of amides is 4. The molecule has 35 heavy (non-hydrogen) atoms. The van der Waals surface area contributed by atoms with Crippen molar-refractivity contribution in [2.24, 2.45) is 11.8 Å². The second-order valence-electron chi connectivity index (χ2n) is 9.31. The maximum absolute atomic E-state index is 13.2. The molecule has 2 aliphatic rings. The van der Waals surface area contributed by atoms with Gasteiger partial charge in [-0.15, -0.1) is 0 Å². The Morgan fingerprint density at radius 3 is 2.40 bits per heavy atom. The van der Waals surface area contributed by atoms with Gasteiger partial charge in [0, 0.05) is 11.5 Å². The molecule has 0 aromatic carbocycles. The number of allylic oxidation sites excluding steroid dienone is 1. The molecule has 0 aliphatic carbocycles. The molecule has 2 heterocycles. The first kappa shape index (κ1) is 29.0. The highest BCUT2D eigenvalue weighted by atomic mass is 33.1. The lowest BCUT2D eigenvalue weighted by molar-refractivity contribution is -0.148. The summed E-state index contributed by atoms with van der Waals surface area (Å²) in [4.78, 5) is 64.3. The van der Waals surface area contributed by atoms with Gasteiger partial charge in [0.2, 0.25) is 23.6 Å². The molecular formula is C23H36N4O6S2. The summed E-state index contributed by atoms with van der Waals surface area (Å²) in [5.41, 5.74) is 0. The molecular weight excluding hydrogens is 492 g/mol. The van der Waals surface area contributed by atoms with Gasteiger partial charge in [0.1, 0.15) is 30.8 Å². The summed E-state index contributed by atoms with van der Waals surface area (Å²) in [6, 6.07) is -2.68. The minimum absolute atomic E-state index is 0.0886. The molecule has 0 aromatic rings. The molecule has 0 radical (unpaired) electrons. The van der Waals surface area contributed by atoms with Crippen LogP contribution >= 0.6 is 21.6 Å². The van der Waals surface area contributed by atoms with Crippen LogP contribution < -0.4 is 21.3 Å². The first-order valence-electron chi connectivity index (χ1n) is 11.8. The van der Waals surface area contributed by atoms with Crippen LogP contribution in [0.3, 0.4) is 0 Å². The summed E-state index contributed by atoms with van der Waals surface area (Å²) < 4.78 is 5.44. The monoisotopic (exact) mass is 528 g/mol. The number of ether oxygens (including phenoxy) is 1. The molecule has 196 valence electrons. The fraction of sp³-hybridized carbons (Fsp3) is 0.696. The van der Waals surface area contributed by atoms with Crippen LogP contribution in [0.25, 0.3) is 0 Å². The Hall–Kier alpha value is -2.21. The molecule has 10 nitrogen and oxygen atoms in total. The molecule has 1 fully saturated rings. The zero-order chi connectivity index (χ0) is 26.0. The van der Waals surface area contributed by atoms with E-state index in [2.05, 4.69) is 21.3 Å². The zero-order valence-corrected chi connectivity index (χ0v) is 22.3. The van der Waals surface area contributed by atoms with E-state index in [-0.39, 0.29) is 24.0 Å². The third-order valence-corrected chi connectivity index (χ3v) is 7.80. The number of carbonyl (C=O) groups is 5. The van der Waals surface area contributed by atoms with Crippen molar-refractivity contribution in [1.29, 1.82) is 0 Å². The molecule has 2 bridgehead atoms. The van der Waals surface area contributed by atoms with Crippen LogP contribution in [0.1, 0.15) is 47.0 Å². The normalized spacial score (nSPS) is 28.9. The van der Waals surface area contributed by atoms with Gasteiger partial charge >= 0.3 is 5.97 Å². The molecule has 0 aromatic heterocycles. The van der Waals surface area contributed by atoms with Gasteiger partial charge in [-0.25, -0.2) is 0 Å². The van der Waals surface area contributed by atoms with E-state index < -0.39 is 60.4 Å². The highest BCUT2D eigenvalue weighted by molar-refractivity contribution is 8.76. The predicted molar refractivity (Wildman–Crippen MR) is 136 cm³/mol. The summed E-state index contributed by atoms with van der Waals surface area (Å²) >= 11 is 0. The Balaban J connectivity index is 2.45. The summed E-state index contributed by atoms with van der Waals surface area (Å²) in [7, 11) is 2.98. The highest BCUT2D eigenvalue weighted by Crippen LogP contribution is 2.24. The molecule has 2 rings (SSSR count). The smallest absolute Gasteiger partial charge is 0.326 e. The Bertz CT molecular complexity index is 820. The minimum atomic E-state index is -0.910. The van der Waals surface area contributed by atoms with Gasteiger partial charge in [0.05, 0.1) is 6.42 Å². The molecule has 0 saturated carbocycles. The lowest BCUT2D eigenvalue weighted by Gasteiger charge is -2.27. The Morgan fingerprint density at radius 1 is 0.971 bits per heavy atom. The number of rotatable bonds is 3. The standard InChI is InChI=1S/C23H36N4O6S2/c1-13(2)9-16-21(30)24-11-19(29)33-15-7-5-6-8-34-35-12-17(22(31)25-16)26-23(32)20(14(3)4)27-18(28)10-15/h5,7,13-17,20H,6,8-12H2,1-4H3,(H,24,30)(H,25,31)(H,26,32)(H,27,28)/b7-5+/t15-,16-,17-,20?/m1/s1. The quantitative estimate of drug-likeness (QED) is 0.241. The van der Waals surface area contributed by atoms with Gasteiger partial charge in [-0.2, -0.15) is 0 Å². The van der Waals surface area contributed by atoms with Crippen molar-refractivity contribution < 1.29 is 28.7 Å². The number of hydrogen-bond donors (Lipinski definition) is 4. The van der Waals surface area contributed by atoms with Gasteiger partial charge < -0.3 is 26.0 Å². The maximum atomic E-state index is 13.2. The van der Waals surface area contributed by atoms with Crippen molar-refractivity contribution in [1.82, 2.24) is 21.3 Å². The lowest BCUT2D eigenvalue weighted by Crippen LogP contribution is -2.59. The Kier molecular flexibility index (Phi) is 11.9. The second kappa shape index (κ2) is 14.4. The first-order valence-corrected chi connectivity index (χ1v) is 14.3. The Morgan fingerprint density at radius 2 is 1.71 bits per heavy atom. The van der Waals surface area contributed by atoms with Crippen LogP contribution in [0.5, 0.6) is 0 Å². The number of carbonyl (C=O) groups excluding carboxylic acids is 5. The molecule has 1 unspecified atom stereocenters. The number of fused-ring (bicyclic) bond motifs is 7. The summed E-state index contributed by atoms with van der Waals surface area (Å²) in [6.07, 6.45) is 3.49. The van der Waals surface area contributed by atoms with E-state index in [0.29, 0.717) is 12.8 Å². The van der Waals surface area contributed by atoms with Crippen LogP contribution in [-0.4, -0.2) is 71.9 Å². The molecule has 4 N–H and O–H groups in total. The number of nitrogens with one attached hydrogen (secondary N) is 4. The van der Waals surface area contributed by atoms with Gasteiger partial charge in [0.25, 0.3) is 0 Å². The van der Waals surface area contributed by atoms with Gasteiger partial charge in [-0.3, -0.25) is 24.0 Å². The van der Waals surface area contributed by atoms with Crippen molar-refractivity contribution in [2.45, 2.75) is 71.2 Å². The average Bonchev–Trinajstić information content (AvgIpc) is 2.77. The van der Waals surface area contributed by atoms with E-state index in [1.807, 2.05) is 19.9 Å². The molecule has 4 atom stereocenters. The van der Waals surface area contributed by atoms with Crippen molar-refractivity contribution in [2.75, 3.05) is 18.1 Å². The molecule has 2 aliphatic heterocycles. The summed E-state index contributed by atoms with van der Waals surface area (Å²) in [6.45, 7) is 7.02. The number of hydrogen-bond acceptors (Lipinski definition) is 8. The fourth-order valence-corrected chi connectivity index (χ4v) is 5.71. The predicted octanol–water partition coefficient (Wildman–Crippen LogP) is 0.916. The van der Waals surface area contributed by atoms with Gasteiger partial charge in [0.15, 0.2) is 0 Å². The largest absolute Gasteiger partial charge is 0.456 e. The van der Waals surface area contributed by atoms with Crippen LogP contribution in [0.4, 0.5) is 0 Å². The third-order valence-electron chi connectivity index (χ3n) is 5.35. The van der Waals surface area contributed by atoms with Crippen molar-refractivity contribution in [3.8, 4) is 0 Å². The fourth-order valence-electron chi connectivity index (χ4n) is 3.55. The Labute approximate surface area is 214 Å². The zero-order valence-electron chi connectivity index (χ0n) is 20.6. The van der Waals surface area contributed by atoms with E-state index in [1.54, 1.807) is 30.7 Å². The first-order chi connectivity index (χ1) is 16.6. The van der Waals surface area contributed by atoms with E-state index in [1.165, 1.54) is 10.8 Å². The van der Waals surface area contributed by atoms with Crippen molar-refractivity contribution in [3.63, 3.8) is 0 Å². The van der Waals surface area contributed by atoms with E-state index in [9.17, 15) is 24.0 Å². The van der Waals surface area contributed by atoms with Crippen LogP contribution in [0.2, 0.25) is 0 Å². The topological polar surface area (TPSA) is 143 Å². The molecule has 12 heteroatoms. The lowest BCUT2D eigenvalue weighted by atomic mass is 10.0. The molecule has 1 saturated heterocycles. The van der Waals surface area contributed by atoms with E-state index in [0.717, 1.165) is 5.75 Å². The molecule has 0 spiro atoms. The van der Waals surface area contributed by atoms with Crippen LogP contribution in [-0.2, 0) is 28.7 Å². The van der Waals surface area contributed by atoms with E-state index in [4.69, 9.17) is 4.74 Å². The third kappa shape index (κ3) is 10.1. The highest BCUT2D eigenvalue weighted by Gasteiger charge is 2.32. The summed E-state index contributed by atoms with van der Waals surface area (Å²) in [5.74, 6) is -1.83. The van der Waals surface area contributed by atoms with E-state index >= 15 is 0 Å². The van der Waals surface area contributed by atoms with Crippen molar-refractivity contribution in [3.05, 3.63) is 12.2 Å². The maximum Gasteiger partial charge on any atom is 0.326 e. The van der Waals surface area contributed by atoms with Crippen LogP contribution in [0, 0.1) is 11.8 Å². The molecule has 4 amide bonds. The second-order valence-corrected chi connectivity index (χ2v) is 11.9. The average molecular weight is 529 g/mol. The SMILES string of the molecule is CC(C)C[C@H]1NC(=O)[C@H]2CSSCC/C=C/[C@H](CC(=O)NC(C(C)C)C(=O)N2)OC(=O)CNC1=O. The van der Waals surface area contributed by atoms with Gasteiger partial charge in [-0.1, -0.05) is 55.4 Å². The minimum Gasteiger partial charge on any atom is -0.456 e. The van der Waals surface area contributed by atoms with Crippen molar-refractivity contribution >= 4 is 51.2 Å².